The molecule has 24 heavy (non-hydrogen) atoms. The topological polar surface area (TPSA) is 46.6 Å². The Hall–Kier alpha value is -2.17. The van der Waals surface area contributed by atoms with Gasteiger partial charge in [0.15, 0.2) is 11.5 Å². The van der Waals surface area contributed by atoms with Crippen LogP contribution in [0.2, 0.25) is 0 Å². The maximum Gasteiger partial charge on any atom is 0.289 e. The van der Waals surface area contributed by atoms with Gasteiger partial charge < -0.3 is 9.64 Å². The fraction of sp³-hybridized carbons (Fsp3) is 0.474. The summed E-state index contributed by atoms with van der Waals surface area (Å²) in [6.45, 7) is 2.14. The van der Waals surface area contributed by atoms with E-state index in [1.807, 2.05) is 0 Å². The zero-order chi connectivity index (χ0) is 17.0. The lowest BCUT2D eigenvalue weighted by Crippen LogP contribution is -2.41. The van der Waals surface area contributed by atoms with Gasteiger partial charge in [-0.25, -0.2) is 4.39 Å². The van der Waals surface area contributed by atoms with Gasteiger partial charge in [-0.2, -0.15) is 0 Å². The predicted molar refractivity (Wildman–Crippen MR) is 85.3 cm³/mol. The van der Waals surface area contributed by atoms with Crippen molar-refractivity contribution in [1.82, 2.24) is 4.90 Å². The number of nitrogens with zero attached hydrogens (tertiary/aromatic N) is 1. The van der Waals surface area contributed by atoms with E-state index in [-0.39, 0.29) is 35.3 Å². The summed E-state index contributed by atoms with van der Waals surface area (Å²) in [4.78, 5) is 27.2. The standard InChI is InChI=1S/C19H20FNO3/c1-10-6-7-14-13(8-10)17(22)15-16(11-4-3-5-12(20)9-11)21(2)19(23)18(15)24-14/h3-5,9-10,13-14,16H,6-8H2,1-2H3. The fourth-order valence-electron chi connectivity index (χ4n) is 4.26. The first-order valence-electron chi connectivity index (χ1n) is 8.45. The first kappa shape index (κ1) is 15.4. The number of rotatable bonds is 1. The van der Waals surface area contributed by atoms with Crippen LogP contribution in [0.1, 0.15) is 37.8 Å². The Morgan fingerprint density at radius 2 is 2.04 bits per heavy atom. The van der Waals surface area contributed by atoms with E-state index in [9.17, 15) is 14.0 Å². The summed E-state index contributed by atoms with van der Waals surface area (Å²) in [7, 11) is 1.64. The van der Waals surface area contributed by atoms with Crippen molar-refractivity contribution in [2.75, 3.05) is 7.05 Å². The molecule has 0 radical (unpaired) electrons. The van der Waals surface area contributed by atoms with Gasteiger partial charge in [-0.15, -0.1) is 0 Å². The number of ether oxygens (including phenoxy) is 1. The Morgan fingerprint density at radius 1 is 1.25 bits per heavy atom. The number of carbonyl (C=O) groups is 2. The van der Waals surface area contributed by atoms with Gasteiger partial charge in [0.1, 0.15) is 11.9 Å². The molecule has 4 nitrogen and oxygen atoms in total. The predicted octanol–water partition coefficient (Wildman–Crippen LogP) is 3.00. The molecule has 2 aliphatic heterocycles. The number of ketones is 1. The van der Waals surface area contributed by atoms with Crippen LogP contribution in [0.3, 0.4) is 0 Å². The number of Topliss-reactive ketones (excluding diaryl/α,β-unsaturated/α-hetero) is 1. The van der Waals surface area contributed by atoms with E-state index < -0.39 is 6.04 Å². The van der Waals surface area contributed by atoms with Crippen LogP contribution in [0.5, 0.6) is 0 Å². The van der Waals surface area contributed by atoms with E-state index >= 15 is 0 Å². The van der Waals surface area contributed by atoms with Crippen molar-refractivity contribution < 1.29 is 18.7 Å². The van der Waals surface area contributed by atoms with E-state index in [4.69, 9.17) is 4.74 Å². The highest BCUT2D eigenvalue weighted by molar-refractivity contribution is 6.11. The monoisotopic (exact) mass is 329 g/mol. The van der Waals surface area contributed by atoms with E-state index in [1.54, 1.807) is 19.2 Å². The Morgan fingerprint density at radius 3 is 2.79 bits per heavy atom. The molecule has 4 unspecified atom stereocenters. The van der Waals surface area contributed by atoms with Crippen molar-refractivity contribution >= 4 is 11.7 Å². The van der Waals surface area contributed by atoms with Gasteiger partial charge in [-0.05, 0) is 42.9 Å². The number of likely N-dealkylation sites (N-methyl/N-ethyl adjacent to an activating group) is 1. The molecule has 0 saturated heterocycles. The van der Waals surface area contributed by atoms with E-state index in [2.05, 4.69) is 6.92 Å². The molecule has 1 saturated carbocycles. The molecule has 1 aliphatic carbocycles. The van der Waals surface area contributed by atoms with Crippen LogP contribution < -0.4 is 0 Å². The van der Waals surface area contributed by atoms with Gasteiger partial charge in [0.25, 0.3) is 5.91 Å². The number of halogens is 1. The minimum Gasteiger partial charge on any atom is -0.483 e. The van der Waals surface area contributed by atoms with Crippen LogP contribution in [0.25, 0.3) is 0 Å². The zero-order valence-electron chi connectivity index (χ0n) is 13.8. The molecule has 0 aromatic heterocycles. The lowest BCUT2D eigenvalue weighted by molar-refractivity contribution is -0.135. The summed E-state index contributed by atoms with van der Waals surface area (Å²) in [5, 5.41) is 0. The number of benzene rings is 1. The van der Waals surface area contributed by atoms with Crippen LogP contribution in [-0.2, 0) is 14.3 Å². The van der Waals surface area contributed by atoms with Crippen molar-refractivity contribution in [1.29, 1.82) is 0 Å². The molecule has 1 amide bonds. The molecule has 0 N–H and O–H groups in total. The smallest absolute Gasteiger partial charge is 0.289 e. The first-order valence-corrected chi connectivity index (χ1v) is 8.45. The number of hydrogen-bond acceptors (Lipinski definition) is 3. The minimum absolute atomic E-state index is 0.000221. The average molecular weight is 329 g/mol. The molecule has 126 valence electrons. The third kappa shape index (κ3) is 2.18. The Kier molecular flexibility index (Phi) is 3.48. The van der Waals surface area contributed by atoms with Crippen molar-refractivity contribution in [2.24, 2.45) is 11.8 Å². The van der Waals surface area contributed by atoms with Gasteiger partial charge in [-0.3, -0.25) is 9.59 Å². The van der Waals surface area contributed by atoms with Gasteiger partial charge in [0, 0.05) is 7.05 Å². The molecule has 1 aromatic rings. The van der Waals surface area contributed by atoms with Crippen molar-refractivity contribution in [3.63, 3.8) is 0 Å². The second-order valence-corrected chi connectivity index (χ2v) is 7.16. The summed E-state index contributed by atoms with van der Waals surface area (Å²) in [5.74, 6) is -0.209. The number of fused-ring (bicyclic) bond motifs is 1. The second-order valence-electron chi connectivity index (χ2n) is 7.16. The molecule has 3 aliphatic rings. The fourth-order valence-corrected chi connectivity index (χ4v) is 4.26. The van der Waals surface area contributed by atoms with Crippen molar-refractivity contribution in [2.45, 2.75) is 38.3 Å². The SMILES string of the molecule is CC1CCC2OC3=C(C(=O)C2C1)C(c1cccc(F)c1)N(C)C3=O. The van der Waals surface area contributed by atoms with Crippen LogP contribution in [-0.4, -0.2) is 29.7 Å². The Labute approximate surface area is 140 Å². The van der Waals surface area contributed by atoms with Crippen LogP contribution in [0.15, 0.2) is 35.6 Å². The third-order valence-corrected chi connectivity index (χ3v) is 5.50. The van der Waals surface area contributed by atoms with E-state index in [1.165, 1.54) is 17.0 Å². The molecule has 0 bridgehead atoms. The quantitative estimate of drug-likeness (QED) is 0.796. The van der Waals surface area contributed by atoms with Gasteiger partial charge >= 0.3 is 0 Å². The van der Waals surface area contributed by atoms with Gasteiger partial charge in [0.05, 0.1) is 17.5 Å². The molecule has 5 heteroatoms. The molecule has 2 heterocycles. The van der Waals surface area contributed by atoms with Crippen molar-refractivity contribution in [3.05, 3.63) is 47.0 Å². The van der Waals surface area contributed by atoms with Gasteiger partial charge in [-0.1, -0.05) is 19.1 Å². The lowest BCUT2D eigenvalue weighted by Gasteiger charge is -2.37. The maximum absolute atomic E-state index is 13.7. The summed E-state index contributed by atoms with van der Waals surface area (Å²) in [6, 6.07) is 5.52. The van der Waals surface area contributed by atoms with Crippen LogP contribution in [0, 0.1) is 17.7 Å². The van der Waals surface area contributed by atoms with Crippen LogP contribution in [0.4, 0.5) is 4.39 Å². The van der Waals surface area contributed by atoms with E-state index in [0.717, 1.165) is 19.3 Å². The normalized spacial score (nSPS) is 32.5. The molecule has 1 fully saturated rings. The molecule has 4 atom stereocenters. The second kappa shape index (κ2) is 5.43. The molecule has 1 aromatic carbocycles. The number of hydrogen-bond donors (Lipinski definition) is 0. The molecule has 4 rings (SSSR count). The molecule has 0 spiro atoms. The summed E-state index contributed by atoms with van der Waals surface area (Å²) in [5.41, 5.74) is 1.01. The highest BCUT2D eigenvalue weighted by Gasteiger charge is 2.51. The maximum atomic E-state index is 13.7. The molecular weight excluding hydrogens is 309 g/mol. The summed E-state index contributed by atoms with van der Waals surface area (Å²) in [6.07, 6.45) is 2.40. The highest BCUT2D eigenvalue weighted by atomic mass is 19.1. The van der Waals surface area contributed by atoms with Crippen LogP contribution >= 0.6 is 0 Å². The Balaban J connectivity index is 1.78. The number of carbonyl (C=O) groups excluding carboxylic acids is 2. The zero-order valence-corrected chi connectivity index (χ0v) is 13.8. The van der Waals surface area contributed by atoms with Crippen molar-refractivity contribution in [3.8, 4) is 0 Å². The number of amides is 1. The Bertz CT molecular complexity index is 757. The molecular formula is C19H20FNO3. The third-order valence-electron chi connectivity index (χ3n) is 5.50. The first-order chi connectivity index (χ1) is 11.5. The minimum atomic E-state index is -0.561. The average Bonchev–Trinajstić information content (AvgIpc) is 2.81. The highest BCUT2D eigenvalue weighted by Crippen LogP contribution is 2.46. The summed E-state index contributed by atoms with van der Waals surface area (Å²) < 4.78 is 19.6. The largest absolute Gasteiger partial charge is 0.483 e. The van der Waals surface area contributed by atoms with E-state index in [0.29, 0.717) is 17.1 Å². The lowest BCUT2D eigenvalue weighted by atomic mass is 9.74. The summed E-state index contributed by atoms with van der Waals surface area (Å²) >= 11 is 0. The van der Waals surface area contributed by atoms with Gasteiger partial charge in [0.2, 0.25) is 0 Å².